The van der Waals surface area contributed by atoms with Crippen molar-refractivity contribution < 1.29 is 9.53 Å². The number of carbonyl (C=O) groups excluding carboxylic acids is 1. The van der Waals surface area contributed by atoms with Gasteiger partial charge in [-0.2, -0.15) is 5.10 Å². The molecule has 2 atom stereocenters. The van der Waals surface area contributed by atoms with E-state index in [1.54, 1.807) is 7.11 Å². The predicted molar refractivity (Wildman–Crippen MR) is 143 cm³/mol. The quantitative estimate of drug-likeness (QED) is 0.480. The summed E-state index contributed by atoms with van der Waals surface area (Å²) in [6.07, 6.45) is 6.24. The van der Waals surface area contributed by atoms with Gasteiger partial charge in [0.1, 0.15) is 11.6 Å². The second-order valence-corrected chi connectivity index (χ2v) is 11.6. The fraction of sp³-hybridized carbons (Fsp3) is 0.552. The molecular weight excluding hydrogens is 450 g/mol. The molecule has 36 heavy (non-hydrogen) atoms. The average Bonchev–Trinajstić information content (AvgIpc) is 3.47. The number of anilines is 1. The van der Waals surface area contributed by atoms with E-state index in [2.05, 4.69) is 57.8 Å². The molecule has 7 nitrogen and oxygen atoms in total. The van der Waals surface area contributed by atoms with E-state index in [0.717, 1.165) is 60.6 Å². The molecule has 0 radical (unpaired) electrons. The lowest BCUT2D eigenvalue weighted by atomic mass is 9.85. The van der Waals surface area contributed by atoms with Crippen molar-refractivity contribution in [3.05, 3.63) is 52.8 Å². The zero-order valence-electron chi connectivity index (χ0n) is 22.5. The molecule has 1 amide bonds. The Kier molecular flexibility index (Phi) is 6.43. The molecule has 2 aromatic heterocycles. The lowest BCUT2D eigenvalue weighted by molar-refractivity contribution is 0.0602. The van der Waals surface area contributed by atoms with Crippen molar-refractivity contribution in [1.29, 1.82) is 0 Å². The SMILES string of the molecule is COc1ccc(C(C)(C)C)cc1C(=O)N1CCCC[C@H]1c1cc2nc(N3CC[C@H](C)C3)c(C)cn2n1. The molecule has 4 heterocycles. The number of piperidine rings is 1. The summed E-state index contributed by atoms with van der Waals surface area (Å²) in [7, 11) is 1.63. The van der Waals surface area contributed by atoms with Crippen LogP contribution in [0, 0.1) is 12.8 Å². The van der Waals surface area contributed by atoms with Gasteiger partial charge in [-0.1, -0.05) is 33.8 Å². The largest absolute Gasteiger partial charge is 0.496 e. The minimum absolute atomic E-state index is 0.00980. The first-order valence-electron chi connectivity index (χ1n) is 13.3. The molecular formula is C29H39N5O2. The van der Waals surface area contributed by atoms with E-state index in [-0.39, 0.29) is 17.4 Å². The van der Waals surface area contributed by atoms with Gasteiger partial charge in [0.25, 0.3) is 5.91 Å². The van der Waals surface area contributed by atoms with Gasteiger partial charge < -0.3 is 14.5 Å². The van der Waals surface area contributed by atoms with Crippen LogP contribution in [0.3, 0.4) is 0 Å². The fourth-order valence-corrected chi connectivity index (χ4v) is 5.61. The lowest BCUT2D eigenvalue weighted by Crippen LogP contribution is -2.39. The first kappa shape index (κ1) is 24.6. The van der Waals surface area contributed by atoms with Gasteiger partial charge >= 0.3 is 0 Å². The number of aromatic nitrogens is 3. The van der Waals surface area contributed by atoms with Crippen molar-refractivity contribution in [3.8, 4) is 5.75 Å². The number of fused-ring (bicyclic) bond motifs is 1. The van der Waals surface area contributed by atoms with E-state index in [9.17, 15) is 4.79 Å². The van der Waals surface area contributed by atoms with Gasteiger partial charge in [0, 0.05) is 37.5 Å². The average molecular weight is 490 g/mol. The number of rotatable bonds is 4. The first-order valence-corrected chi connectivity index (χ1v) is 13.3. The van der Waals surface area contributed by atoms with Crippen LogP contribution in [0.1, 0.15) is 86.6 Å². The molecule has 0 saturated carbocycles. The smallest absolute Gasteiger partial charge is 0.258 e. The van der Waals surface area contributed by atoms with E-state index >= 15 is 0 Å². The number of ether oxygens (including phenoxy) is 1. The first-order chi connectivity index (χ1) is 17.2. The number of hydrogen-bond acceptors (Lipinski definition) is 5. The molecule has 2 saturated heterocycles. The Morgan fingerprint density at radius 1 is 1.11 bits per heavy atom. The van der Waals surface area contributed by atoms with Gasteiger partial charge in [-0.05, 0) is 61.6 Å². The van der Waals surface area contributed by atoms with Crippen molar-refractivity contribution >= 4 is 17.4 Å². The molecule has 3 aromatic rings. The molecule has 0 aliphatic carbocycles. The Morgan fingerprint density at radius 2 is 1.92 bits per heavy atom. The van der Waals surface area contributed by atoms with Crippen LogP contribution in [-0.2, 0) is 5.41 Å². The molecule has 192 valence electrons. The zero-order chi connectivity index (χ0) is 25.6. The normalized spacial score (nSPS) is 20.8. The molecule has 5 rings (SSSR count). The number of aryl methyl sites for hydroxylation is 1. The van der Waals surface area contributed by atoms with Gasteiger partial charge in [0.05, 0.1) is 24.4 Å². The van der Waals surface area contributed by atoms with Crippen molar-refractivity contribution in [2.24, 2.45) is 5.92 Å². The zero-order valence-corrected chi connectivity index (χ0v) is 22.5. The van der Waals surface area contributed by atoms with E-state index in [0.29, 0.717) is 23.8 Å². The van der Waals surface area contributed by atoms with Crippen LogP contribution in [0.25, 0.3) is 5.65 Å². The molecule has 2 fully saturated rings. The third-order valence-electron chi connectivity index (χ3n) is 7.75. The second kappa shape index (κ2) is 9.41. The highest BCUT2D eigenvalue weighted by atomic mass is 16.5. The monoisotopic (exact) mass is 489 g/mol. The number of benzene rings is 1. The lowest BCUT2D eigenvalue weighted by Gasteiger charge is -2.35. The molecule has 0 bridgehead atoms. The summed E-state index contributed by atoms with van der Waals surface area (Å²) in [5.41, 5.74) is 4.57. The van der Waals surface area contributed by atoms with Crippen LogP contribution < -0.4 is 9.64 Å². The summed E-state index contributed by atoms with van der Waals surface area (Å²) in [5.74, 6) is 2.38. The van der Waals surface area contributed by atoms with Crippen LogP contribution in [0.4, 0.5) is 5.82 Å². The van der Waals surface area contributed by atoms with Crippen LogP contribution >= 0.6 is 0 Å². The number of nitrogens with zero attached hydrogens (tertiary/aromatic N) is 5. The Labute approximate surface area is 214 Å². The number of carbonyl (C=O) groups is 1. The standard InChI is InChI=1S/C29H39N5O2/c1-19-12-14-32(17-19)27-20(2)18-34-26(30-27)16-23(31-34)24-9-7-8-13-33(24)28(35)22-15-21(29(3,4)5)10-11-25(22)36-6/h10-11,15-16,18-19,24H,7-9,12-14,17H2,1-6H3/t19-,24-/m0/s1. The topological polar surface area (TPSA) is 63.0 Å². The highest BCUT2D eigenvalue weighted by Gasteiger charge is 2.33. The third-order valence-corrected chi connectivity index (χ3v) is 7.75. The van der Waals surface area contributed by atoms with Crippen molar-refractivity contribution in [2.75, 3.05) is 31.6 Å². The van der Waals surface area contributed by atoms with Crippen molar-refractivity contribution in [3.63, 3.8) is 0 Å². The number of hydrogen-bond donors (Lipinski definition) is 0. The highest BCUT2D eigenvalue weighted by molar-refractivity contribution is 5.97. The number of amides is 1. The molecule has 7 heteroatoms. The molecule has 0 spiro atoms. The van der Waals surface area contributed by atoms with Crippen molar-refractivity contribution in [1.82, 2.24) is 19.5 Å². The number of likely N-dealkylation sites (tertiary alicyclic amines) is 1. The van der Waals surface area contributed by atoms with Crippen LogP contribution in [-0.4, -0.2) is 52.1 Å². The highest BCUT2D eigenvalue weighted by Crippen LogP contribution is 2.35. The van der Waals surface area contributed by atoms with Gasteiger partial charge in [-0.15, -0.1) is 0 Å². The third kappa shape index (κ3) is 4.56. The maximum absolute atomic E-state index is 14.0. The van der Waals surface area contributed by atoms with Gasteiger partial charge in [-0.25, -0.2) is 9.50 Å². The molecule has 0 N–H and O–H groups in total. The Balaban J connectivity index is 1.49. The van der Waals surface area contributed by atoms with Gasteiger partial charge in [0.2, 0.25) is 0 Å². The summed E-state index contributed by atoms with van der Waals surface area (Å²) in [6.45, 7) is 13.7. The minimum atomic E-state index is -0.0773. The minimum Gasteiger partial charge on any atom is -0.496 e. The molecule has 2 aliphatic rings. The maximum atomic E-state index is 14.0. The molecule has 1 aromatic carbocycles. The van der Waals surface area contributed by atoms with E-state index in [1.165, 1.54) is 6.42 Å². The van der Waals surface area contributed by atoms with Crippen LogP contribution in [0.15, 0.2) is 30.5 Å². The van der Waals surface area contributed by atoms with E-state index in [1.807, 2.05) is 21.5 Å². The summed E-state index contributed by atoms with van der Waals surface area (Å²) in [5, 5.41) is 4.92. The summed E-state index contributed by atoms with van der Waals surface area (Å²) in [6, 6.07) is 7.97. The predicted octanol–water partition coefficient (Wildman–Crippen LogP) is 5.56. The summed E-state index contributed by atoms with van der Waals surface area (Å²) in [4.78, 5) is 23.3. The van der Waals surface area contributed by atoms with Crippen molar-refractivity contribution in [2.45, 2.75) is 71.8 Å². The fourth-order valence-electron chi connectivity index (χ4n) is 5.61. The van der Waals surface area contributed by atoms with Crippen LogP contribution in [0.5, 0.6) is 5.75 Å². The van der Waals surface area contributed by atoms with Gasteiger partial charge in [0.15, 0.2) is 5.65 Å². The van der Waals surface area contributed by atoms with E-state index in [4.69, 9.17) is 14.8 Å². The Bertz CT molecular complexity index is 1270. The van der Waals surface area contributed by atoms with E-state index < -0.39 is 0 Å². The van der Waals surface area contributed by atoms with Crippen LogP contribution in [0.2, 0.25) is 0 Å². The second-order valence-electron chi connectivity index (χ2n) is 11.6. The summed E-state index contributed by atoms with van der Waals surface area (Å²) < 4.78 is 7.50. The van der Waals surface area contributed by atoms with Gasteiger partial charge in [-0.3, -0.25) is 4.79 Å². The number of methoxy groups -OCH3 is 1. The molecule has 0 unspecified atom stereocenters. The Hall–Kier alpha value is -3.09. The molecule has 2 aliphatic heterocycles. The Morgan fingerprint density at radius 3 is 2.61 bits per heavy atom. The maximum Gasteiger partial charge on any atom is 0.258 e. The summed E-state index contributed by atoms with van der Waals surface area (Å²) >= 11 is 0.